The quantitative estimate of drug-likeness (QED) is 0.771. The van der Waals surface area contributed by atoms with E-state index in [2.05, 4.69) is 22.4 Å². The Kier molecular flexibility index (Phi) is 5.72. The summed E-state index contributed by atoms with van der Waals surface area (Å²) in [4.78, 5) is 12.2. The van der Waals surface area contributed by atoms with Gasteiger partial charge in [0.05, 0.1) is 17.3 Å². The molecular weight excluding hydrogens is 360 g/mol. The van der Waals surface area contributed by atoms with Gasteiger partial charge >= 0.3 is 0 Å². The number of rotatable bonds is 5. The summed E-state index contributed by atoms with van der Waals surface area (Å²) in [5.41, 5.74) is 0. The highest BCUT2D eigenvalue weighted by molar-refractivity contribution is 7.99. The van der Waals surface area contributed by atoms with Gasteiger partial charge in [-0.3, -0.25) is 4.79 Å². The summed E-state index contributed by atoms with van der Waals surface area (Å²) in [6, 6.07) is 0.278. The van der Waals surface area contributed by atoms with E-state index in [1.54, 1.807) is 0 Å². The van der Waals surface area contributed by atoms with Gasteiger partial charge in [0.1, 0.15) is 5.82 Å². The van der Waals surface area contributed by atoms with Gasteiger partial charge in [-0.15, -0.1) is 10.2 Å². The van der Waals surface area contributed by atoms with E-state index in [9.17, 15) is 13.2 Å². The lowest BCUT2D eigenvalue weighted by atomic mass is 9.86. The van der Waals surface area contributed by atoms with Crippen molar-refractivity contribution in [1.82, 2.24) is 20.1 Å². The van der Waals surface area contributed by atoms with E-state index in [1.807, 2.05) is 11.6 Å². The minimum absolute atomic E-state index is 0.0248. The summed E-state index contributed by atoms with van der Waals surface area (Å²) in [6.45, 7) is 2.20. The smallest absolute Gasteiger partial charge is 0.230 e. The molecule has 1 aromatic rings. The zero-order chi connectivity index (χ0) is 18.0. The Morgan fingerprint density at radius 1 is 1.28 bits per heavy atom. The van der Waals surface area contributed by atoms with Crippen LogP contribution in [0.25, 0.3) is 0 Å². The van der Waals surface area contributed by atoms with Crippen LogP contribution in [0.3, 0.4) is 0 Å². The Labute approximate surface area is 153 Å². The Morgan fingerprint density at radius 3 is 2.72 bits per heavy atom. The zero-order valence-corrected chi connectivity index (χ0v) is 16.4. The number of amides is 1. The van der Waals surface area contributed by atoms with Crippen molar-refractivity contribution < 1.29 is 13.2 Å². The topological polar surface area (TPSA) is 94.0 Å². The molecule has 3 atom stereocenters. The second-order valence-electron chi connectivity index (χ2n) is 7.22. The molecule has 9 heteroatoms. The molecule has 1 amide bonds. The first-order valence-electron chi connectivity index (χ1n) is 8.87. The normalized spacial score (nSPS) is 28.8. The summed E-state index contributed by atoms with van der Waals surface area (Å²) in [5, 5.41) is 12.1. The second-order valence-corrected chi connectivity index (χ2v) is 10.4. The first-order valence-corrected chi connectivity index (χ1v) is 11.7. The van der Waals surface area contributed by atoms with E-state index < -0.39 is 9.84 Å². The average molecular weight is 387 g/mol. The fourth-order valence-electron chi connectivity index (χ4n) is 3.72. The highest BCUT2D eigenvalue weighted by atomic mass is 32.2. The van der Waals surface area contributed by atoms with E-state index in [0.29, 0.717) is 29.1 Å². The molecule has 2 fully saturated rings. The fraction of sp³-hybridized carbons (Fsp3) is 0.812. The number of aromatic nitrogens is 3. The van der Waals surface area contributed by atoms with E-state index >= 15 is 0 Å². The second kappa shape index (κ2) is 7.65. The number of carbonyl (C=O) groups excluding carboxylic acids is 1. The van der Waals surface area contributed by atoms with Crippen molar-refractivity contribution in [3.63, 3.8) is 0 Å². The van der Waals surface area contributed by atoms with Crippen molar-refractivity contribution in [1.29, 1.82) is 0 Å². The maximum Gasteiger partial charge on any atom is 0.230 e. The molecule has 3 unspecified atom stereocenters. The molecule has 1 saturated heterocycles. The predicted octanol–water partition coefficient (Wildman–Crippen LogP) is 1.50. The molecular formula is C16H26N4O3S2. The van der Waals surface area contributed by atoms with Gasteiger partial charge in [-0.2, -0.15) is 0 Å². The molecule has 2 aliphatic rings. The molecule has 3 rings (SSSR count). The zero-order valence-electron chi connectivity index (χ0n) is 14.8. The maximum absolute atomic E-state index is 12.2. The van der Waals surface area contributed by atoms with Crippen LogP contribution in [-0.4, -0.2) is 52.4 Å². The molecule has 2 heterocycles. The lowest BCUT2D eigenvalue weighted by Crippen LogP contribution is -2.41. The van der Waals surface area contributed by atoms with Crippen molar-refractivity contribution in [2.24, 2.45) is 13.0 Å². The van der Waals surface area contributed by atoms with Crippen molar-refractivity contribution in [2.75, 3.05) is 17.3 Å². The standard InChI is InChI=1S/C16H26N4O3S2/c1-11-5-3-4-6-13(11)17-14(21)9-24-16-19-18-15(20(16)2)12-7-8-25(22,23)10-12/h11-13H,3-10H2,1-2H3,(H,17,21). The maximum atomic E-state index is 12.2. The van der Waals surface area contributed by atoms with Gasteiger partial charge in [0.15, 0.2) is 15.0 Å². The van der Waals surface area contributed by atoms with Crippen LogP contribution in [0.1, 0.15) is 50.8 Å². The summed E-state index contributed by atoms with van der Waals surface area (Å²) >= 11 is 1.35. The molecule has 0 bridgehead atoms. The third kappa shape index (κ3) is 4.55. The minimum atomic E-state index is -2.95. The molecule has 1 aromatic heterocycles. The molecule has 0 spiro atoms. The van der Waals surface area contributed by atoms with Gasteiger partial charge in [-0.25, -0.2) is 8.42 Å². The van der Waals surface area contributed by atoms with Crippen LogP contribution in [0.4, 0.5) is 0 Å². The molecule has 1 aliphatic carbocycles. The SMILES string of the molecule is CC1CCCCC1NC(=O)CSc1nnc(C2CCS(=O)(=O)C2)n1C. The number of hydrogen-bond donors (Lipinski definition) is 1. The first-order chi connectivity index (χ1) is 11.9. The minimum Gasteiger partial charge on any atom is -0.352 e. The van der Waals surface area contributed by atoms with Gasteiger partial charge in [-0.05, 0) is 25.2 Å². The van der Waals surface area contributed by atoms with E-state index in [-0.39, 0.29) is 29.4 Å². The third-order valence-corrected chi connectivity index (χ3v) is 8.04. The molecule has 25 heavy (non-hydrogen) atoms. The fourth-order valence-corrected chi connectivity index (χ4v) is 6.18. The molecule has 0 radical (unpaired) electrons. The average Bonchev–Trinajstić information content (AvgIpc) is 3.10. The lowest BCUT2D eigenvalue weighted by molar-refractivity contribution is -0.119. The Morgan fingerprint density at radius 2 is 2.04 bits per heavy atom. The van der Waals surface area contributed by atoms with Gasteiger partial charge in [0, 0.05) is 19.0 Å². The molecule has 7 nitrogen and oxygen atoms in total. The third-order valence-electron chi connectivity index (χ3n) is 5.26. The van der Waals surface area contributed by atoms with Gasteiger partial charge in [0.2, 0.25) is 5.91 Å². The Hall–Kier alpha value is -1.09. The van der Waals surface area contributed by atoms with Gasteiger partial charge in [0.25, 0.3) is 0 Å². The van der Waals surface area contributed by atoms with Crippen LogP contribution in [0.15, 0.2) is 5.16 Å². The van der Waals surface area contributed by atoms with Crippen LogP contribution in [0.5, 0.6) is 0 Å². The number of nitrogens with one attached hydrogen (secondary N) is 1. The van der Waals surface area contributed by atoms with E-state index in [0.717, 1.165) is 6.42 Å². The number of sulfone groups is 1. The summed E-state index contributed by atoms with van der Waals surface area (Å²) in [6.07, 6.45) is 5.26. The van der Waals surface area contributed by atoms with Crippen LogP contribution in [0.2, 0.25) is 0 Å². The highest BCUT2D eigenvalue weighted by Crippen LogP contribution is 2.29. The van der Waals surface area contributed by atoms with E-state index in [1.165, 1.54) is 31.0 Å². The Balaban J connectivity index is 1.54. The van der Waals surface area contributed by atoms with Crippen molar-refractivity contribution in [3.8, 4) is 0 Å². The molecule has 0 aromatic carbocycles. The van der Waals surface area contributed by atoms with Crippen LogP contribution in [-0.2, 0) is 21.7 Å². The van der Waals surface area contributed by atoms with E-state index in [4.69, 9.17) is 0 Å². The number of carbonyl (C=O) groups is 1. The van der Waals surface area contributed by atoms with Crippen molar-refractivity contribution in [2.45, 2.75) is 56.1 Å². The highest BCUT2D eigenvalue weighted by Gasteiger charge is 2.32. The number of nitrogens with zero attached hydrogens (tertiary/aromatic N) is 3. The van der Waals surface area contributed by atoms with Gasteiger partial charge in [-0.1, -0.05) is 31.5 Å². The first kappa shape index (κ1) is 18.7. The molecule has 1 aliphatic heterocycles. The van der Waals surface area contributed by atoms with Gasteiger partial charge < -0.3 is 9.88 Å². The predicted molar refractivity (Wildman–Crippen MR) is 97.3 cm³/mol. The monoisotopic (exact) mass is 386 g/mol. The van der Waals surface area contributed by atoms with Crippen molar-refractivity contribution in [3.05, 3.63) is 5.82 Å². The summed E-state index contributed by atoms with van der Waals surface area (Å²) < 4.78 is 25.1. The number of hydrogen-bond acceptors (Lipinski definition) is 6. The lowest BCUT2D eigenvalue weighted by Gasteiger charge is -2.29. The molecule has 140 valence electrons. The largest absolute Gasteiger partial charge is 0.352 e. The van der Waals surface area contributed by atoms with Crippen LogP contribution >= 0.6 is 11.8 Å². The molecule has 1 N–H and O–H groups in total. The Bertz CT molecular complexity index is 732. The summed E-state index contributed by atoms with van der Waals surface area (Å²) in [5.74, 6) is 1.83. The van der Waals surface area contributed by atoms with Crippen molar-refractivity contribution >= 4 is 27.5 Å². The van der Waals surface area contributed by atoms with Crippen LogP contribution in [0, 0.1) is 5.92 Å². The number of thioether (sulfide) groups is 1. The van der Waals surface area contributed by atoms with Crippen LogP contribution < -0.4 is 5.32 Å². The summed E-state index contributed by atoms with van der Waals surface area (Å²) in [7, 11) is -1.11. The molecule has 1 saturated carbocycles.